The zero-order valence-electron chi connectivity index (χ0n) is 17.0. The summed E-state index contributed by atoms with van der Waals surface area (Å²) < 4.78 is 6.44. The Morgan fingerprint density at radius 2 is 2.07 bits per heavy atom. The Morgan fingerprint density at radius 3 is 2.71 bits per heavy atom. The fourth-order valence-corrected chi connectivity index (χ4v) is 6.33. The van der Waals surface area contributed by atoms with Crippen molar-refractivity contribution in [2.24, 2.45) is 5.73 Å². The zero-order valence-corrected chi connectivity index (χ0v) is 17.8. The van der Waals surface area contributed by atoms with E-state index in [0.29, 0.717) is 12.3 Å². The highest BCUT2D eigenvalue weighted by Gasteiger charge is 2.37. The Labute approximate surface area is 170 Å². The molecular weight excluding hydrogens is 372 g/mol. The van der Waals surface area contributed by atoms with Crippen LogP contribution in [-0.4, -0.2) is 46.5 Å². The third-order valence-corrected chi connectivity index (χ3v) is 8.06. The Balaban J connectivity index is 1.58. The Kier molecular flexibility index (Phi) is 5.31. The predicted molar refractivity (Wildman–Crippen MR) is 112 cm³/mol. The molecule has 1 amide bonds. The molecule has 2 aromatic heterocycles. The van der Waals surface area contributed by atoms with Crippen LogP contribution in [0.1, 0.15) is 68.2 Å². The third kappa shape index (κ3) is 3.39. The van der Waals surface area contributed by atoms with Gasteiger partial charge in [0.1, 0.15) is 17.3 Å². The minimum absolute atomic E-state index is 0.169. The average molecular weight is 403 g/mol. The second-order valence-corrected chi connectivity index (χ2v) is 9.58. The van der Waals surface area contributed by atoms with Gasteiger partial charge in [0, 0.05) is 16.8 Å². The number of carbonyl (C=O) groups is 1. The van der Waals surface area contributed by atoms with Gasteiger partial charge in [0.2, 0.25) is 11.8 Å². The Hall–Kier alpha value is -1.73. The number of aromatic nitrogens is 2. The summed E-state index contributed by atoms with van der Waals surface area (Å²) in [6.45, 7) is 2.28. The van der Waals surface area contributed by atoms with Crippen LogP contribution in [0.25, 0.3) is 10.2 Å². The van der Waals surface area contributed by atoms with E-state index < -0.39 is 0 Å². The van der Waals surface area contributed by atoms with Gasteiger partial charge >= 0.3 is 0 Å². The van der Waals surface area contributed by atoms with Gasteiger partial charge in [0.25, 0.3) is 0 Å². The monoisotopic (exact) mass is 402 g/mol. The molecule has 0 bridgehead atoms. The normalized spacial score (nSPS) is 27.3. The molecule has 2 aromatic rings. The van der Waals surface area contributed by atoms with Crippen LogP contribution in [0.4, 0.5) is 0 Å². The lowest BCUT2D eigenvalue weighted by Gasteiger charge is -2.44. The van der Waals surface area contributed by atoms with Gasteiger partial charge in [-0.25, -0.2) is 9.97 Å². The number of nitrogens with zero attached hydrogens (tertiary/aromatic N) is 3. The second-order valence-electron chi connectivity index (χ2n) is 8.49. The van der Waals surface area contributed by atoms with E-state index in [1.807, 2.05) is 0 Å². The summed E-state index contributed by atoms with van der Waals surface area (Å²) in [4.78, 5) is 25.2. The molecule has 6 nitrogen and oxygen atoms in total. The van der Waals surface area contributed by atoms with Crippen molar-refractivity contribution in [3.63, 3.8) is 0 Å². The number of rotatable bonds is 6. The molecule has 1 unspecified atom stereocenters. The molecule has 2 N–H and O–H groups in total. The number of fused-ring (bicyclic) bond motifs is 3. The highest BCUT2D eigenvalue weighted by Crippen LogP contribution is 2.47. The zero-order chi connectivity index (χ0) is 19.9. The number of carbonyl (C=O) groups excluding carboxylic acids is 1. The molecule has 7 heteroatoms. The molecule has 0 aromatic carbocycles. The topological polar surface area (TPSA) is 81.3 Å². The van der Waals surface area contributed by atoms with Crippen LogP contribution in [0.5, 0.6) is 5.88 Å². The largest absolute Gasteiger partial charge is 0.474 e. The lowest BCUT2D eigenvalue weighted by molar-refractivity contribution is -0.118. The van der Waals surface area contributed by atoms with Gasteiger partial charge in [-0.15, -0.1) is 11.3 Å². The maximum atomic E-state index is 11.5. The molecule has 1 fully saturated rings. The fraction of sp³-hybridized carbons (Fsp3) is 0.667. The number of nitrogens with two attached hydrogens (primary N) is 1. The van der Waals surface area contributed by atoms with Crippen LogP contribution in [-0.2, 0) is 11.2 Å². The number of thiophene rings is 1. The van der Waals surface area contributed by atoms with Crippen LogP contribution >= 0.6 is 11.3 Å². The first-order valence-corrected chi connectivity index (χ1v) is 11.1. The van der Waals surface area contributed by atoms with Gasteiger partial charge in [-0.2, -0.15) is 0 Å². The minimum Gasteiger partial charge on any atom is -0.474 e. The van der Waals surface area contributed by atoms with Crippen molar-refractivity contribution in [2.75, 3.05) is 14.1 Å². The van der Waals surface area contributed by atoms with E-state index in [2.05, 4.69) is 35.9 Å². The van der Waals surface area contributed by atoms with E-state index >= 15 is 0 Å². The number of hydrogen-bond acceptors (Lipinski definition) is 6. The summed E-state index contributed by atoms with van der Waals surface area (Å²) in [6, 6.07) is 0. The SMILES string of the molecule is CCC1(N(C)C)CCC(Oc2ncnc3sc4c(c23)C(CC(N)=O)CC4)CC1. The summed E-state index contributed by atoms with van der Waals surface area (Å²) in [5, 5.41) is 1.02. The summed E-state index contributed by atoms with van der Waals surface area (Å²) >= 11 is 1.71. The highest BCUT2D eigenvalue weighted by atomic mass is 32.1. The van der Waals surface area contributed by atoms with Crippen molar-refractivity contribution in [3.8, 4) is 5.88 Å². The van der Waals surface area contributed by atoms with Crippen molar-refractivity contribution < 1.29 is 9.53 Å². The molecule has 0 spiro atoms. The van der Waals surface area contributed by atoms with Gasteiger partial charge in [-0.1, -0.05) is 6.92 Å². The first kappa shape index (κ1) is 19.6. The summed E-state index contributed by atoms with van der Waals surface area (Å²) in [7, 11) is 4.37. The van der Waals surface area contributed by atoms with Gasteiger partial charge in [0.15, 0.2) is 0 Å². The molecule has 152 valence electrons. The van der Waals surface area contributed by atoms with Gasteiger partial charge in [0.05, 0.1) is 5.39 Å². The van der Waals surface area contributed by atoms with E-state index in [-0.39, 0.29) is 23.5 Å². The van der Waals surface area contributed by atoms with Crippen LogP contribution in [0, 0.1) is 0 Å². The molecular formula is C21H30N4O2S. The standard InChI is InChI=1S/C21H30N4O2S/c1-4-21(25(2)3)9-7-14(8-10-21)27-19-18-17-13(11-16(22)26)5-6-15(17)28-20(18)24-12-23-19/h12-14H,4-11H2,1-3H3,(H2,22,26). The maximum absolute atomic E-state index is 11.5. The highest BCUT2D eigenvalue weighted by molar-refractivity contribution is 7.19. The molecule has 28 heavy (non-hydrogen) atoms. The van der Waals surface area contributed by atoms with Crippen molar-refractivity contribution in [1.29, 1.82) is 0 Å². The Morgan fingerprint density at radius 1 is 1.32 bits per heavy atom. The van der Waals surface area contributed by atoms with E-state index in [9.17, 15) is 4.79 Å². The molecule has 0 radical (unpaired) electrons. The number of aryl methyl sites for hydroxylation is 1. The van der Waals surface area contributed by atoms with Crippen molar-refractivity contribution in [2.45, 2.75) is 75.9 Å². The van der Waals surface area contributed by atoms with Gasteiger partial charge < -0.3 is 15.4 Å². The van der Waals surface area contributed by atoms with Gasteiger partial charge in [-0.05, 0) is 70.5 Å². The fourth-order valence-electron chi connectivity index (χ4n) is 5.10. The Bertz CT molecular complexity index is 871. The molecule has 0 aliphatic heterocycles. The van der Waals surface area contributed by atoms with Gasteiger partial charge in [-0.3, -0.25) is 4.79 Å². The van der Waals surface area contributed by atoms with Crippen LogP contribution in [0.15, 0.2) is 6.33 Å². The smallest absolute Gasteiger partial charge is 0.225 e. The lowest BCUT2D eigenvalue weighted by Crippen LogP contribution is -2.48. The van der Waals surface area contributed by atoms with Crippen molar-refractivity contribution in [1.82, 2.24) is 14.9 Å². The molecule has 2 heterocycles. The summed E-state index contributed by atoms with van der Waals surface area (Å²) in [6.07, 6.45) is 9.65. The van der Waals surface area contributed by atoms with E-state index in [1.54, 1.807) is 17.7 Å². The van der Waals surface area contributed by atoms with Crippen LogP contribution in [0.2, 0.25) is 0 Å². The van der Waals surface area contributed by atoms with E-state index in [0.717, 1.165) is 55.2 Å². The lowest BCUT2D eigenvalue weighted by atomic mass is 9.77. The minimum atomic E-state index is -0.247. The summed E-state index contributed by atoms with van der Waals surface area (Å²) in [5.74, 6) is 0.614. The maximum Gasteiger partial charge on any atom is 0.225 e. The quantitative estimate of drug-likeness (QED) is 0.798. The number of ether oxygens (including phenoxy) is 1. The predicted octanol–water partition coefficient (Wildman–Crippen LogP) is 3.63. The molecule has 1 atom stereocenters. The first-order chi connectivity index (χ1) is 13.4. The van der Waals surface area contributed by atoms with Crippen LogP contribution in [0.3, 0.4) is 0 Å². The molecule has 2 aliphatic rings. The van der Waals surface area contributed by atoms with Crippen molar-refractivity contribution >= 4 is 27.5 Å². The molecule has 4 rings (SSSR count). The third-order valence-electron chi connectivity index (χ3n) is 6.89. The second kappa shape index (κ2) is 7.59. The van der Waals surface area contributed by atoms with Crippen molar-refractivity contribution in [3.05, 3.63) is 16.8 Å². The van der Waals surface area contributed by atoms with E-state index in [1.165, 1.54) is 10.4 Å². The molecule has 1 saturated carbocycles. The van der Waals surface area contributed by atoms with E-state index in [4.69, 9.17) is 10.5 Å². The first-order valence-electron chi connectivity index (χ1n) is 10.3. The number of amides is 1. The summed E-state index contributed by atoms with van der Waals surface area (Å²) in [5.41, 5.74) is 6.99. The average Bonchev–Trinajstić information content (AvgIpc) is 3.22. The number of hydrogen-bond donors (Lipinski definition) is 1. The molecule has 2 aliphatic carbocycles. The van der Waals surface area contributed by atoms with Crippen LogP contribution < -0.4 is 10.5 Å². The number of primary amides is 1. The molecule has 0 saturated heterocycles.